The molecule has 28 heavy (non-hydrogen) atoms. The molecule has 2 aromatic carbocycles. The number of carbonyl (C=O) groups excluding carboxylic acids is 2. The van der Waals surface area contributed by atoms with Crippen LogP contribution in [0, 0.1) is 0 Å². The van der Waals surface area contributed by atoms with E-state index in [4.69, 9.17) is 4.74 Å². The number of urea groups is 1. The molecule has 0 aliphatic carbocycles. The van der Waals surface area contributed by atoms with Gasteiger partial charge in [0.1, 0.15) is 11.8 Å². The zero-order valence-electron chi connectivity index (χ0n) is 16.2. The average Bonchev–Trinajstić information content (AvgIpc) is 2.75. The summed E-state index contributed by atoms with van der Waals surface area (Å²) in [5, 5.41) is 4.86. The van der Waals surface area contributed by atoms with Crippen molar-refractivity contribution >= 4 is 17.6 Å². The lowest BCUT2D eigenvalue weighted by atomic mass is 10.0. The van der Waals surface area contributed by atoms with E-state index in [0.29, 0.717) is 13.1 Å². The Morgan fingerprint density at radius 3 is 2.18 bits per heavy atom. The molecule has 1 atom stereocenters. The first-order valence-electron chi connectivity index (χ1n) is 9.33. The molecule has 0 bridgehead atoms. The number of piperazine rings is 1. The molecular weight excluding hydrogens is 356 g/mol. The molecular formula is C21H26N4O3. The van der Waals surface area contributed by atoms with Crippen LogP contribution in [0.25, 0.3) is 0 Å². The van der Waals surface area contributed by atoms with E-state index in [2.05, 4.69) is 20.4 Å². The third-order valence-corrected chi connectivity index (χ3v) is 4.94. The number of hydrogen-bond acceptors (Lipinski definition) is 5. The van der Waals surface area contributed by atoms with Gasteiger partial charge in [-0.1, -0.05) is 30.3 Å². The van der Waals surface area contributed by atoms with Crippen molar-refractivity contribution in [3.8, 4) is 5.75 Å². The monoisotopic (exact) mass is 382 g/mol. The van der Waals surface area contributed by atoms with Crippen LogP contribution >= 0.6 is 0 Å². The lowest BCUT2D eigenvalue weighted by molar-refractivity contribution is -0.125. The first-order chi connectivity index (χ1) is 13.6. The van der Waals surface area contributed by atoms with Crippen molar-refractivity contribution < 1.29 is 14.3 Å². The first-order valence-corrected chi connectivity index (χ1v) is 9.33. The maximum Gasteiger partial charge on any atom is 0.321 e. The van der Waals surface area contributed by atoms with Crippen LogP contribution in [0.3, 0.4) is 0 Å². The molecule has 3 amide bonds. The number of hydrogen-bond donors (Lipinski definition) is 2. The molecule has 0 unspecified atom stereocenters. The lowest BCUT2D eigenvalue weighted by Crippen LogP contribution is -2.52. The molecule has 0 radical (unpaired) electrons. The molecule has 2 aromatic rings. The molecule has 1 aliphatic heterocycles. The molecule has 7 nitrogen and oxygen atoms in total. The topological polar surface area (TPSA) is 73.9 Å². The van der Waals surface area contributed by atoms with Crippen molar-refractivity contribution in [2.24, 2.45) is 0 Å². The van der Waals surface area contributed by atoms with Gasteiger partial charge in [-0.15, -0.1) is 0 Å². The van der Waals surface area contributed by atoms with Crippen molar-refractivity contribution in [1.29, 1.82) is 0 Å². The number of ether oxygens (including phenoxy) is 1. The van der Waals surface area contributed by atoms with Gasteiger partial charge < -0.3 is 15.0 Å². The van der Waals surface area contributed by atoms with Crippen LogP contribution in [0.1, 0.15) is 11.6 Å². The molecule has 0 spiro atoms. The summed E-state index contributed by atoms with van der Waals surface area (Å²) in [4.78, 5) is 28.8. The summed E-state index contributed by atoms with van der Waals surface area (Å²) in [7, 11) is 3.15. The maximum atomic E-state index is 12.8. The molecule has 2 N–H and O–H groups in total. The van der Waals surface area contributed by atoms with Gasteiger partial charge in [-0.3, -0.25) is 15.0 Å². The zero-order valence-corrected chi connectivity index (χ0v) is 16.2. The molecule has 3 rings (SSSR count). The van der Waals surface area contributed by atoms with Crippen LogP contribution in [0.4, 0.5) is 10.5 Å². The van der Waals surface area contributed by atoms with Crippen molar-refractivity contribution in [2.75, 3.05) is 45.2 Å². The Morgan fingerprint density at radius 1 is 0.964 bits per heavy atom. The lowest BCUT2D eigenvalue weighted by Gasteiger charge is -2.39. The Bertz CT molecular complexity index is 787. The molecule has 0 saturated carbocycles. The molecule has 1 aliphatic rings. The molecule has 1 fully saturated rings. The minimum Gasteiger partial charge on any atom is -0.497 e. The molecule has 1 heterocycles. The third-order valence-electron chi connectivity index (χ3n) is 4.94. The van der Waals surface area contributed by atoms with Gasteiger partial charge >= 0.3 is 6.03 Å². The van der Waals surface area contributed by atoms with E-state index in [1.807, 2.05) is 54.6 Å². The SMILES string of the molecule is CNC(=O)NC(=O)[C@@H](c1ccccc1)N1CCN(c2ccc(OC)cc2)CC1. The largest absolute Gasteiger partial charge is 0.497 e. The number of carbonyl (C=O) groups is 2. The van der Waals surface area contributed by atoms with E-state index in [1.165, 1.54) is 7.05 Å². The highest BCUT2D eigenvalue weighted by molar-refractivity contribution is 5.97. The van der Waals surface area contributed by atoms with E-state index in [-0.39, 0.29) is 5.91 Å². The van der Waals surface area contributed by atoms with Crippen LogP contribution in [-0.2, 0) is 4.79 Å². The summed E-state index contributed by atoms with van der Waals surface area (Å²) in [6, 6.07) is 16.6. The summed E-state index contributed by atoms with van der Waals surface area (Å²) >= 11 is 0. The predicted molar refractivity (Wildman–Crippen MR) is 109 cm³/mol. The average molecular weight is 382 g/mol. The standard InChI is InChI=1S/C21H26N4O3/c1-22-21(27)23-20(26)19(16-6-4-3-5-7-16)25-14-12-24(13-15-25)17-8-10-18(28-2)11-9-17/h3-11,19H,12-15H2,1-2H3,(H2,22,23,26,27)/t19-/m1/s1. The highest BCUT2D eigenvalue weighted by atomic mass is 16.5. The minimum absolute atomic E-state index is 0.316. The predicted octanol–water partition coefficient (Wildman–Crippen LogP) is 2.01. The smallest absolute Gasteiger partial charge is 0.321 e. The van der Waals surface area contributed by atoms with Crippen molar-refractivity contribution in [2.45, 2.75) is 6.04 Å². The quantitative estimate of drug-likeness (QED) is 0.828. The second-order valence-electron chi connectivity index (χ2n) is 6.60. The fourth-order valence-electron chi connectivity index (χ4n) is 3.44. The van der Waals surface area contributed by atoms with Crippen LogP contribution in [0.2, 0.25) is 0 Å². The van der Waals surface area contributed by atoms with E-state index in [9.17, 15) is 9.59 Å². The summed E-state index contributed by atoms with van der Waals surface area (Å²) in [5.74, 6) is 0.515. The van der Waals surface area contributed by atoms with E-state index < -0.39 is 12.1 Å². The second kappa shape index (κ2) is 9.23. The van der Waals surface area contributed by atoms with Crippen LogP contribution in [0.5, 0.6) is 5.75 Å². The van der Waals surface area contributed by atoms with Crippen molar-refractivity contribution in [3.05, 3.63) is 60.2 Å². The van der Waals surface area contributed by atoms with E-state index in [1.54, 1.807) is 7.11 Å². The fourth-order valence-corrected chi connectivity index (χ4v) is 3.44. The minimum atomic E-state index is -0.503. The highest BCUT2D eigenvalue weighted by Crippen LogP contribution is 2.25. The Kier molecular flexibility index (Phi) is 6.49. The Labute approximate surface area is 165 Å². The fraction of sp³-hybridized carbons (Fsp3) is 0.333. The molecule has 148 valence electrons. The molecule has 0 aromatic heterocycles. The Balaban J connectivity index is 1.71. The number of imide groups is 1. The third kappa shape index (κ3) is 4.61. The normalized spacial score (nSPS) is 15.6. The number of nitrogens with zero attached hydrogens (tertiary/aromatic N) is 2. The number of rotatable bonds is 5. The van der Waals surface area contributed by atoms with Gasteiger partial charge in [0.15, 0.2) is 0 Å². The Hall–Kier alpha value is -3.06. The number of methoxy groups -OCH3 is 1. The van der Waals surface area contributed by atoms with Gasteiger partial charge in [-0.2, -0.15) is 0 Å². The second-order valence-corrected chi connectivity index (χ2v) is 6.60. The van der Waals surface area contributed by atoms with Gasteiger partial charge in [0, 0.05) is 38.9 Å². The van der Waals surface area contributed by atoms with Gasteiger partial charge in [0.05, 0.1) is 7.11 Å². The number of anilines is 1. The summed E-state index contributed by atoms with van der Waals surface area (Å²) in [6.07, 6.45) is 0. The number of benzene rings is 2. The first kappa shape index (κ1) is 19.7. The number of nitrogens with one attached hydrogen (secondary N) is 2. The van der Waals surface area contributed by atoms with Gasteiger partial charge in [-0.05, 0) is 29.8 Å². The summed E-state index contributed by atoms with van der Waals surface area (Å²) in [5.41, 5.74) is 2.01. The zero-order chi connectivity index (χ0) is 19.9. The maximum absolute atomic E-state index is 12.8. The summed E-state index contributed by atoms with van der Waals surface area (Å²) < 4.78 is 5.22. The van der Waals surface area contributed by atoms with Gasteiger partial charge in [0.2, 0.25) is 5.91 Å². The Morgan fingerprint density at radius 2 is 1.61 bits per heavy atom. The van der Waals surface area contributed by atoms with Gasteiger partial charge in [-0.25, -0.2) is 4.79 Å². The van der Waals surface area contributed by atoms with Crippen molar-refractivity contribution in [1.82, 2.24) is 15.5 Å². The number of amides is 3. The van der Waals surface area contributed by atoms with Crippen LogP contribution < -0.4 is 20.3 Å². The van der Waals surface area contributed by atoms with Crippen LogP contribution in [0.15, 0.2) is 54.6 Å². The highest BCUT2D eigenvalue weighted by Gasteiger charge is 2.31. The molecule has 7 heteroatoms. The van der Waals surface area contributed by atoms with Crippen LogP contribution in [-0.4, -0.2) is 57.2 Å². The molecule has 1 saturated heterocycles. The van der Waals surface area contributed by atoms with Gasteiger partial charge in [0.25, 0.3) is 0 Å². The van der Waals surface area contributed by atoms with E-state index in [0.717, 1.165) is 30.1 Å². The summed E-state index contributed by atoms with van der Waals surface area (Å²) in [6.45, 7) is 3.02. The van der Waals surface area contributed by atoms with Crippen molar-refractivity contribution in [3.63, 3.8) is 0 Å². The van der Waals surface area contributed by atoms with E-state index >= 15 is 0 Å².